The van der Waals surface area contributed by atoms with Crippen molar-refractivity contribution in [3.05, 3.63) is 60.2 Å². The highest BCUT2D eigenvalue weighted by molar-refractivity contribution is 5.76. The Bertz CT molecular complexity index is 842. The molecule has 5 heteroatoms. The summed E-state index contributed by atoms with van der Waals surface area (Å²) in [6.07, 6.45) is 3.41. The first-order valence-electron chi connectivity index (χ1n) is 9.22. The Labute approximate surface area is 153 Å². The van der Waals surface area contributed by atoms with Crippen LogP contribution in [0.1, 0.15) is 24.8 Å². The number of amides is 1. The second-order valence-electron chi connectivity index (χ2n) is 6.74. The van der Waals surface area contributed by atoms with Crippen molar-refractivity contribution in [3.8, 4) is 0 Å². The average molecular weight is 349 g/mol. The van der Waals surface area contributed by atoms with Crippen molar-refractivity contribution in [1.29, 1.82) is 0 Å². The lowest BCUT2D eigenvalue weighted by Gasteiger charge is -2.23. The molecule has 1 aromatic heterocycles. The predicted octanol–water partition coefficient (Wildman–Crippen LogP) is 3.55. The van der Waals surface area contributed by atoms with E-state index in [0.29, 0.717) is 19.0 Å². The van der Waals surface area contributed by atoms with Gasteiger partial charge in [0.05, 0.1) is 6.04 Å². The molecule has 1 aliphatic heterocycles. The minimum atomic E-state index is 0.0956. The number of oxazole rings is 1. The van der Waals surface area contributed by atoms with Crippen LogP contribution in [-0.2, 0) is 11.2 Å². The Morgan fingerprint density at radius 3 is 2.81 bits per heavy atom. The molecule has 26 heavy (non-hydrogen) atoms. The number of carbonyl (C=O) groups excluding carboxylic acids is 1. The van der Waals surface area contributed by atoms with Gasteiger partial charge in [0.2, 0.25) is 5.91 Å². The number of hydrogen-bond acceptors (Lipinski definition) is 4. The molecule has 2 heterocycles. The molecule has 3 aromatic rings. The van der Waals surface area contributed by atoms with E-state index in [-0.39, 0.29) is 11.9 Å². The number of nitrogens with zero attached hydrogens (tertiary/aromatic N) is 2. The molecular weight excluding hydrogens is 326 g/mol. The second kappa shape index (κ2) is 7.60. The quantitative estimate of drug-likeness (QED) is 0.739. The smallest absolute Gasteiger partial charge is 0.298 e. The lowest BCUT2D eigenvalue weighted by atomic mass is 10.1. The van der Waals surface area contributed by atoms with Gasteiger partial charge in [-0.3, -0.25) is 4.79 Å². The van der Waals surface area contributed by atoms with E-state index < -0.39 is 0 Å². The van der Waals surface area contributed by atoms with Crippen LogP contribution in [-0.4, -0.2) is 30.0 Å². The molecule has 0 radical (unpaired) electrons. The summed E-state index contributed by atoms with van der Waals surface area (Å²) in [5.41, 5.74) is 2.87. The number of nitrogens with one attached hydrogen (secondary N) is 1. The molecule has 0 spiro atoms. The van der Waals surface area contributed by atoms with Crippen LogP contribution >= 0.6 is 0 Å². The average Bonchev–Trinajstić information content (AvgIpc) is 3.31. The summed E-state index contributed by atoms with van der Waals surface area (Å²) in [4.78, 5) is 19.0. The third-order valence-electron chi connectivity index (χ3n) is 4.92. The SMILES string of the molecule is O=C(CCc1ccccc1)NCC1CCCN1c1nc2ccccc2o1. The van der Waals surface area contributed by atoms with Crippen LogP contribution in [0.4, 0.5) is 6.01 Å². The molecule has 0 bridgehead atoms. The van der Waals surface area contributed by atoms with E-state index in [1.165, 1.54) is 5.56 Å². The van der Waals surface area contributed by atoms with Gasteiger partial charge >= 0.3 is 0 Å². The first kappa shape index (κ1) is 16.6. The predicted molar refractivity (Wildman–Crippen MR) is 102 cm³/mol. The van der Waals surface area contributed by atoms with Crippen molar-refractivity contribution in [2.75, 3.05) is 18.0 Å². The number of aromatic nitrogens is 1. The zero-order valence-corrected chi connectivity index (χ0v) is 14.7. The summed E-state index contributed by atoms with van der Waals surface area (Å²) in [7, 11) is 0. The molecule has 1 N–H and O–H groups in total. The van der Waals surface area contributed by atoms with Crippen LogP contribution in [0, 0.1) is 0 Å². The van der Waals surface area contributed by atoms with Gasteiger partial charge in [0.15, 0.2) is 5.58 Å². The van der Waals surface area contributed by atoms with Gasteiger partial charge in [0, 0.05) is 19.5 Å². The number of para-hydroxylation sites is 2. The molecule has 4 rings (SSSR count). The van der Waals surface area contributed by atoms with Gasteiger partial charge in [-0.15, -0.1) is 0 Å². The summed E-state index contributed by atoms with van der Waals surface area (Å²) >= 11 is 0. The number of hydrogen-bond donors (Lipinski definition) is 1. The maximum absolute atomic E-state index is 12.2. The van der Waals surface area contributed by atoms with Gasteiger partial charge in [0.1, 0.15) is 5.52 Å². The first-order chi connectivity index (χ1) is 12.8. The van der Waals surface area contributed by atoms with Gasteiger partial charge in [-0.25, -0.2) is 0 Å². The molecule has 0 saturated carbocycles. The summed E-state index contributed by atoms with van der Waals surface area (Å²) in [6.45, 7) is 1.55. The second-order valence-corrected chi connectivity index (χ2v) is 6.74. The third kappa shape index (κ3) is 3.72. The summed E-state index contributed by atoms with van der Waals surface area (Å²) < 4.78 is 5.90. The van der Waals surface area contributed by atoms with Crippen LogP contribution in [0.2, 0.25) is 0 Å². The van der Waals surface area contributed by atoms with Gasteiger partial charge in [-0.2, -0.15) is 4.98 Å². The maximum atomic E-state index is 12.2. The number of aryl methyl sites for hydroxylation is 1. The van der Waals surface area contributed by atoms with Gasteiger partial charge < -0.3 is 14.6 Å². The fourth-order valence-electron chi connectivity index (χ4n) is 3.51. The van der Waals surface area contributed by atoms with Crippen molar-refractivity contribution in [2.45, 2.75) is 31.7 Å². The van der Waals surface area contributed by atoms with Crippen LogP contribution in [0.5, 0.6) is 0 Å². The Hall–Kier alpha value is -2.82. The lowest BCUT2D eigenvalue weighted by Crippen LogP contribution is -2.40. The normalized spacial score (nSPS) is 16.9. The van der Waals surface area contributed by atoms with Gasteiger partial charge in [-0.05, 0) is 37.0 Å². The van der Waals surface area contributed by atoms with Crippen LogP contribution in [0.3, 0.4) is 0 Å². The van der Waals surface area contributed by atoms with Crippen molar-refractivity contribution < 1.29 is 9.21 Å². The molecule has 1 aliphatic rings. The zero-order chi connectivity index (χ0) is 17.8. The topological polar surface area (TPSA) is 58.4 Å². The molecule has 1 fully saturated rings. The monoisotopic (exact) mass is 349 g/mol. The van der Waals surface area contributed by atoms with E-state index in [2.05, 4.69) is 27.3 Å². The van der Waals surface area contributed by atoms with E-state index in [9.17, 15) is 4.79 Å². The Balaban J connectivity index is 1.33. The standard InChI is InChI=1S/C21H23N3O2/c25-20(13-12-16-7-2-1-3-8-16)22-15-17-9-6-14-24(17)21-23-18-10-4-5-11-19(18)26-21/h1-5,7-8,10-11,17H,6,9,12-15H2,(H,22,25). The number of benzene rings is 2. The molecule has 0 aliphatic carbocycles. The molecule has 1 unspecified atom stereocenters. The zero-order valence-electron chi connectivity index (χ0n) is 14.7. The summed E-state index contributed by atoms with van der Waals surface area (Å²) in [6, 6.07) is 18.8. The van der Waals surface area contributed by atoms with E-state index in [4.69, 9.17) is 4.42 Å². The Morgan fingerprint density at radius 1 is 1.15 bits per heavy atom. The fourth-order valence-corrected chi connectivity index (χ4v) is 3.51. The lowest BCUT2D eigenvalue weighted by molar-refractivity contribution is -0.121. The fraction of sp³-hybridized carbons (Fsp3) is 0.333. The number of anilines is 1. The summed E-state index contributed by atoms with van der Waals surface area (Å²) in [5.74, 6) is 0.0956. The highest BCUT2D eigenvalue weighted by atomic mass is 16.4. The minimum absolute atomic E-state index is 0.0956. The summed E-state index contributed by atoms with van der Waals surface area (Å²) in [5, 5.41) is 3.08. The van der Waals surface area contributed by atoms with Gasteiger partial charge in [0.25, 0.3) is 6.01 Å². The Kier molecular flexibility index (Phi) is 4.86. The Morgan fingerprint density at radius 2 is 1.96 bits per heavy atom. The van der Waals surface area contributed by atoms with Crippen LogP contribution in [0.25, 0.3) is 11.1 Å². The minimum Gasteiger partial charge on any atom is -0.423 e. The number of rotatable bonds is 6. The highest BCUT2D eigenvalue weighted by Gasteiger charge is 2.28. The van der Waals surface area contributed by atoms with E-state index >= 15 is 0 Å². The van der Waals surface area contributed by atoms with Crippen molar-refractivity contribution in [2.24, 2.45) is 0 Å². The van der Waals surface area contributed by atoms with E-state index in [1.807, 2.05) is 42.5 Å². The van der Waals surface area contributed by atoms with E-state index in [1.54, 1.807) is 0 Å². The van der Waals surface area contributed by atoms with Crippen molar-refractivity contribution in [3.63, 3.8) is 0 Å². The van der Waals surface area contributed by atoms with Gasteiger partial charge in [-0.1, -0.05) is 42.5 Å². The van der Waals surface area contributed by atoms with Crippen LogP contribution < -0.4 is 10.2 Å². The molecule has 1 atom stereocenters. The third-order valence-corrected chi connectivity index (χ3v) is 4.92. The number of carbonyl (C=O) groups is 1. The van der Waals surface area contributed by atoms with Crippen LogP contribution in [0.15, 0.2) is 59.0 Å². The molecule has 1 amide bonds. The maximum Gasteiger partial charge on any atom is 0.298 e. The highest BCUT2D eigenvalue weighted by Crippen LogP contribution is 2.27. The van der Waals surface area contributed by atoms with E-state index in [0.717, 1.165) is 36.9 Å². The van der Waals surface area contributed by atoms with Crippen molar-refractivity contribution in [1.82, 2.24) is 10.3 Å². The molecule has 134 valence electrons. The first-order valence-corrected chi connectivity index (χ1v) is 9.22. The molecular formula is C21H23N3O2. The largest absolute Gasteiger partial charge is 0.423 e. The van der Waals surface area contributed by atoms with Crippen molar-refractivity contribution >= 4 is 23.0 Å². The number of fused-ring (bicyclic) bond motifs is 1. The molecule has 2 aromatic carbocycles. The molecule has 5 nitrogen and oxygen atoms in total. The molecule has 1 saturated heterocycles.